The normalized spacial score (nSPS) is 19.2. The van der Waals surface area contributed by atoms with Crippen LogP contribution in [0.3, 0.4) is 0 Å². The summed E-state index contributed by atoms with van der Waals surface area (Å²) in [6, 6.07) is 0. The molecular weight excluding hydrogens is 128 g/mol. The molecule has 0 amide bonds. The van der Waals surface area contributed by atoms with Crippen LogP contribution in [0, 0.1) is 0 Å². The zero-order valence-corrected chi connectivity index (χ0v) is 5.10. The molecule has 10 heavy (non-hydrogen) atoms. The van der Waals surface area contributed by atoms with Crippen LogP contribution in [-0.4, -0.2) is 0 Å². The van der Waals surface area contributed by atoms with E-state index in [2.05, 4.69) is 20.7 Å². The molecule has 0 spiro atoms. The second kappa shape index (κ2) is 1.98. The Hall–Kier alpha value is -1.58. The van der Waals surface area contributed by atoms with E-state index in [-0.39, 0.29) is 0 Å². The number of allylic oxidation sites excluding steroid dienone is 5. The molecular formula is C6H4N4. The second-order valence-corrected chi connectivity index (χ2v) is 1.91. The average molecular weight is 132 g/mol. The highest BCUT2D eigenvalue weighted by atomic mass is 15.5. The van der Waals surface area contributed by atoms with E-state index in [1.165, 1.54) is 0 Å². The van der Waals surface area contributed by atoms with Crippen LogP contribution in [0.1, 0.15) is 0 Å². The third kappa shape index (κ3) is 0.793. The molecule has 48 valence electrons. The van der Waals surface area contributed by atoms with Crippen LogP contribution in [0.5, 0.6) is 0 Å². The summed E-state index contributed by atoms with van der Waals surface area (Å²) in [7, 11) is 0. The van der Waals surface area contributed by atoms with Crippen molar-refractivity contribution in [2.75, 3.05) is 0 Å². The van der Waals surface area contributed by atoms with Crippen molar-refractivity contribution in [2.45, 2.75) is 0 Å². The van der Waals surface area contributed by atoms with Crippen LogP contribution in [0.15, 0.2) is 56.4 Å². The number of hydrogen-bond acceptors (Lipinski definition) is 4. The minimum atomic E-state index is 0.565. The minimum absolute atomic E-state index is 0.565. The molecule has 4 heteroatoms. The van der Waals surface area contributed by atoms with Gasteiger partial charge in [-0.2, -0.15) is 0 Å². The van der Waals surface area contributed by atoms with Crippen LogP contribution in [0.2, 0.25) is 0 Å². The van der Waals surface area contributed by atoms with E-state index in [9.17, 15) is 0 Å². The van der Waals surface area contributed by atoms with Crippen molar-refractivity contribution in [1.29, 1.82) is 0 Å². The standard InChI is InChI=1S/C6H4N4/c1-2-5(3-1)4-6-7-9-10-8-6/h1-4H. The Morgan fingerprint density at radius 1 is 1.20 bits per heavy atom. The van der Waals surface area contributed by atoms with Gasteiger partial charge in [0.2, 0.25) is 5.82 Å². The van der Waals surface area contributed by atoms with Gasteiger partial charge in [-0.15, -0.1) is 10.2 Å². The molecule has 1 aliphatic heterocycles. The summed E-state index contributed by atoms with van der Waals surface area (Å²) in [6.07, 6.45) is 7.71. The zero-order chi connectivity index (χ0) is 6.81. The smallest absolute Gasteiger partial charge is 0.107 e. The van der Waals surface area contributed by atoms with Crippen molar-refractivity contribution >= 4 is 0 Å². The molecule has 0 N–H and O–H groups in total. The third-order valence-electron chi connectivity index (χ3n) is 1.21. The summed E-state index contributed by atoms with van der Waals surface area (Å²) in [6.45, 7) is 0. The van der Waals surface area contributed by atoms with Crippen molar-refractivity contribution in [2.24, 2.45) is 20.7 Å². The molecule has 2 rings (SSSR count). The van der Waals surface area contributed by atoms with Gasteiger partial charge in [0.15, 0.2) is 0 Å². The van der Waals surface area contributed by atoms with E-state index in [1.807, 2.05) is 24.3 Å². The number of nitrogens with zero attached hydrogens (tertiary/aromatic N) is 4. The van der Waals surface area contributed by atoms with E-state index < -0.39 is 0 Å². The van der Waals surface area contributed by atoms with Gasteiger partial charge >= 0.3 is 0 Å². The first kappa shape index (κ1) is 5.22. The predicted octanol–water partition coefficient (Wildman–Crippen LogP) is 2.16. The van der Waals surface area contributed by atoms with Crippen molar-refractivity contribution in [3.8, 4) is 0 Å². The molecule has 0 aromatic heterocycles. The van der Waals surface area contributed by atoms with Crippen molar-refractivity contribution in [1.82, 2.24) is 0 Å². The molecule has 0 aromatic carbocycles. The van der Waals surface area contributed by atoms with E-state index in [0.717, 1.165) is 5.57 Å². The molecule has 2 aliphatic rings. The molecule has 0 atom stereocenters. The molecule has 0 unspecified atom stereocenters. The highest BCUT2D eigenvalue weighted by Crippen LogP contribution is 2.16. The first-order chi connectivity index (χ1) is 4.95. The van der Waals surface area contributed by atoms with Crippen LogP contribution in [0.4, 0.5) is 0 Å². The topological polar surface area (TPSA) is 49.4 Å². The Balaban J connectivity index is 2.17. The van der Waals surface area contributed by atoms with Gasteiger partial charge in [0.25, 0.3) is 0 Å². The van der Waals surface area contributed by atoms with Crippen molar-refractivity contribution in [3.63, 3.8) is 0 Å². The number of rotatable bonds is 1. The Morgan fingerprint density at radius 3 is 2.40 bits per heavy atom. The second-order valence-electron chi connectivity index (χ2n) is 1.91. The van der Waals surface area contributed by atoms with Gasteiger partial charge in [0.05, 0.1) is 0 Å². The summed E-state index contributed by atoms with van der Waals surface area (Å²) < 4.78 is 0. The molecule has 0 saturated heterocycles. The largest absolute Gasteiger partial charge is 0.200 e. The lowest BCUT2D eigenvalue weighted by molar-refractivity contribution is 1.06. The molecule has 0 bridgehead atoms. The van der Waals surface area contributed by atoms with Gasteiger partial charge in [-0.3, -0.25) is 0 Å². The minimum Gasteiger partial charge on any atom is -0.107 e. The van der Waals surface area contributed by atoms with Crippen LogP contribution in [0.25, 0.3) is 0 Å². The molecule has 4 nitrogen and oxygen atoms in total. The van der Waals surface area contributed by atoms with Crippen molar-refractivity contribution in [3.05, 3.63) is 35.7 Å². The van der Waals surface area contributed by atoms with E-state index in [4.69, 9.17) is 0 Å². The highest BCUT2D eigenvalue weighted by Gasteiger charge is 2.00. The summed E-state index contributed by atoms with van der Waals surface area (Å²) in [5, 5.41) is 14.0. The van der Waals surface area contributed by atoms with Crippen LogP contribution < -0.4 is 0 Å². The van der Waals surface area contributed by atoms with E-state index in [0.29, 0.717) is 5.82 Å². The van der Waals surface area contributed by atoms with Crippen molar-refractivity contribution < 1.29 is 0 Å². The molecule has 0 aromatic rings. The van der Waals surface area contributed by atoms with Gasteiger partial charge in [-0.1, -0.05) is 18.2 Å². The summed E-state index contributed by atoms with van der Waals surface area (Å²) in [5.41, 5.74) is 1.11. The summed E-state index contributed by atoms with van der Waals surface area (Å²) in [5.74, 6) is 0.565. The maximum absolute atomic E-state index is 3.64. The maximum Gasteiger partial charge on any atom is 0.200 e. The van der Waals surface area contributed by atoms with Crippen LogP contribution >= 0.6 is 0 Å². The van der Waals surface area contributed by atoms with E-state index in [1.54, 1.807) is 0 Å². The Bertz CT molecular complexity index is 279. The monoisotopic (exact) mass is 132 g/mol. The SMILES string of the molecule is C1=CC(C=C2N=NN=N2)=C1. The number of hydrogen-bond donors (Lipinski definition) is 0. The molecule has 1 aliphatic carbocycles. The first-order valence-corrected chi connectivity index (χ1v) is 2.87. The average Bonchev–Trinajstić information content (AvgIpc) is 2.29. The molecule has 0 saturated carbocycles. The van der Waals surface area contributed by atoms with Gasteiger partial charge in [-0.05, 0) is 22.1 Å². The first-order valence-electron chi connectivity index (χ1n) is 2.87. The lowest BCUT2D eigenvalue weighted by Crippen LogP contribution is -1.79. The fraction of sp³-hybridized carbons (Fsp3) is 0. The predicted molar refractivity (Wildman–Crippen MR) is 35.0 cm³/mol. The molecule has 1 heterocycles. The maximum atomic E-state index is 3.64. The van der Waals surface area contributed by atoms with Gasteiger partial charge in [-0.25, -0.2) is 0 Å². The van der Waals surface area contributed by atoms with Crippen LogP contribution in [-0.2, 0) is 0 Å². The lowest BCUT2D eigenvalue weighted by atomic mass is 10.1. The fourth-order valence-electron chi connectivity index (χ4n) is 0.662. The summed E-state index contributed by atoms with van der Waals surface area (Å²) >= 11 is 0. The van der Waals surface area contributed by atoms with Gasteiger partial charge in [0, 0.05) is 0 Å². The third-order valence-corrected chi connectivity index (χ3v) is 1.21. The van der Waals surface area contributed by atoms with Gasteiger partial charge in [0.1, 0.15) is 0 Å². The van der Waals surface area contributed by atoms with Gasteiger partial charge < -0.3 is 0 Å². The fourth-order valence-corrected chi connectivity index (χ4v) is 0.662. The quantitative estimate of drug-likeness (QED) is 0.525. The molecule has 0 fully saturated rings. The van der Waals surface area contributed by atoms with E-state index >= 15 is 0 Å². The Morgan fingerprint density at radius 2 is 1.90 bits per heavy atom. The zero-order valence-electron chi connectivity index (χ0n) is 5.10. The molecule has 0 radical (unpaired) electrons. The summed E-state index contributed by atoms with van der Waals surface area (Å²) in [4.78, 5) is 0. The lowest BCUT2D eigenvalue weighted by Gasteiger charge is -1.97. The Kier molecular flexibility index (Phi) is 1.04. The highest BCUT2D eigenvalue weighted by molar-refractivity contribution is 5.44. The Labute approximate surface area is 57.3 Å².